The summed E-state index contributed by atoms with van der Waals surface area (Å²) in [6, 6.07) is 5.05. The Labute approximate surface area is 189 Å². The van der Waals surface area contributed by atoms with Gasteiger partial charge in [0.2, 0.25) is 5.95 Å². The summed E-state index contributed by atoms with van der Waals surface area (Å²) in [4.78, 5) is 42.0. The van der Waals surface area contributed by atoms with Crippen LogP contribution in [0.4, 0.5) is 28.1 Å². The number of nitrogens with one attached hydrogen (secondary N) is 2. The van der Waals surface area contributed by atoms with Crippen LogP contribution in [-0.2, 0) is 0 Å². The fraction of sp³-hybridized carbons (Fsp3) is 0.286. The molecule has 166 valence electrons. The zero-order valence-corrected chi connectivity index (χ0v) is 19.2. The number of hydrogen-bond donors (Lipinski definition) is 2. The Balaban J connectivity index is 1.75. The number of aryl methyl sites for hydroxylation is 1. The Bertz CT molecular complexity index is 1210. The van der Waals surface area contributed by atoms with Crippen LogP contribution in [0.15, 0.2) is 24.4 Å². The number of benzene rings is 1. The van der Waals surface area contributed by atoms with Crippen molar-refractivity contribution in [2.75, 3.05) is 42.9 Å². The van der Waals surface area contributed by atoms with Gasteiger partial charge in [0.15, 0.2) is 11.5 Å². The first kappa shape index (κ1) is 21.5. The fourth-order valence-electron chi connectivity index (χ4n) is 3.49. The number of nitrogens with zero attached hydrogens (tertiary/aromatic N) is 5. The Morgan fingerprint density at radius 2 is 2.06 bits per heavy atom. The van der Waals surface area contributed by atoms with Crippen LogP contribution in [0.3, 0.4) is 0 Å². The summed E-state index contributed by atoms with van der Waals surface area (Å²) < 4.78 is 5.44. The van der Waals surface area contributed by atoms with Crippen LogP contribution in [0.2, 0.25) is 0 Å². The molecule has 0 radical (unpaired) electrons. The molecule has 32 heavy (non-hydrogen) atoms. The van der Waals surface area contributed by atoms with E-state index in [1.54, 1.807) is 36.3 Å². The van der Waals surface area contributed by atoms with Gasteiger partial charge in [0.05, 0.1) is 24.0 Å². The summed E-state index contributed by atoms with van der Waals surface area (Å²) in [5.41, 5.74) is 2.10. The molecular weight excluding hydrogens is 430 g/mol. The van der Waals surface area contributed by atoms with E-state index in [1.165, 1.54) is 18.4 Å². The molecule has 10 nitrogen and oxygen atoms in total. The fourth-order valence-corrected chi connectivity index (χ4v) is 4.36. The molecule has 1 aliphatic rings. The second-order valence-corrected chi connectivity index (χ2v) is 8.20. The number of fused-ring (bicyclic) bond motifs is 2. The van der Waals surface area contributed by atoms with Crippen LogP contribution in [0, 0.1) is 6.92 Å². The normalized spacial score (nSPS) is 12.7. The van der Waals surface area contributed by atoms with Gasteiger partial charge in [-0.05, 0) is 32.0 Å². The van der Waals surface area contributed by atoms with E-state index in [-0.39, 0.29) is 11.8 Å². The summed E-state index contributed by atoms with van der Waals surface area (Å²) in [5, 5.41) is 7.29. The highest BCUT2D eigenvalue weighted by molar-refractivity contribution is 7.16. The molecule has 1 aromatic carbocycles. The maximum atomic E-state index is 13.1. The molecule has 0 unspecified atom stereocenters. The van der Waals surface area contributed by atoms with Gasteiger partial charge in [0.25, 0.3) is 11.8 Å². The maximum Gasteiger partial charge on any atom is 0.280 e. The molecule has 0 saturated heterocycles. The van der Waals surface area contributed by atoms with Crippen LogP contribution in [-0.4, -0.2) is 54.5 Å². The van der Waals surface area contributed by atoms with E-state index in [0.717, 1.165) is 10.0 Å². The third-order valence-corrected chi connectivity index (χ3v) is 6.13. The van der Waals surface area contributed by atoms with Gasteiger partial charge >= 0.3 is 0 Å². The lowest BCUT2D eigenvalue weighted by Gasteiger charge is -2.22. The van der Waals surface area contributed by atoms with Crippen LogP contribution < -0.4 is 25.2 Å². The van der Waals surface area contributed by atoms with Crippen molar-refractivity contribution in [3.63, 3.8) is 0 Å². The first-order valence-corrected chi connectivity index (χ1v) is 10.8. The molecule has 3 aromatic rings. The van der Waals surface area contributed by atoms with E-state index in [1.807, 2.05) is 25.8 Å². The predicted octanol–water partition coefficient (Wildman–Crippen LogP) is 3.10. The van der Waals surface area contributed by atoms with Crippen molar-refractivity contribution in [2.45, 2.75) is 13.8 Å². The number of thiazole rings is 1. The Hall–Kier alpha value is -3.73. The maximum absolute atomic E-state index is 13.1. The molecule has 0 saturated carbocycles. The van der Waals surface area contributed by atoms with E-state index in [9.17, 15) is 9.59 Å². The number of amides is 2. The Morgan fingerprint density at radius 3 is 2.75 bits per heavy atom. The molecule has 0 bridgehead atoms. The number of carbonyl (C=O) groups excluding carboxylic acids is 2. The van der Waals surface area contributed by atoms with Crippen molar-refractivity contribution < 1.29 is 14.3 Å². The number of hydrogen-bond acceptors (Lipinski definition) is 9. The summed E-state index contributed by atoms with van der Waals surface area (Å²) >= 11 is 1.44. The van der Waals surface area contributed by atoms with Gasteiger partial charge in [-0.3, -0.25) is 9.59 Å². The Morgan fingerprint density at radius 1 is 1.28 bits per heavy atom. The number of aromatic nitrogens is 3. The average molecular weight is 454 g/mol. The minimum Gasteiger partial charge on any atom is -0.495 e. The first-order valence-electron chi connectivity index (χ1n) is 9.95. The molecule has 2 amide bonds. The standard InChI is InChI=1S/C21H23N7O3S/c1-6-28-14-10-23-21(25-13-8-7-12(18(29)22-3)9-15(13)31-5)26-17(14)27(4)20-16(19(28)30)24-11(2)32-20/h7-10H,6H2,1-5H3,(H,22,29)(H,23,25,26). The van der Waals surface area contributed by atoms with Crippen molar-refractivity contribution >= 4 is 51.3 Å². The molecule has 0 aliphatic carbocycles. The van der Waals surface area contributed by atoms with E-state index < -0.39 is 0 Å². The molecule has 1 aliphatic heterocycles. The zero-order chi connectivity index (χ0) is 23.0. The van der Waals surface area contributed by atoms with E-state index >= 15 is 0 Å². The summed E-state index contributed by atoms with van der Waals surface area (Å²) in [5.74, 6) is 1.01. The van der Waals surface area contributed by atoms with Crippen LogP contribution in [0.5, 0.6) is 5.75 Å². The second-order valence-electron chi connectivity index (χ2n) is 7.02. The van der Waals surface area contributed by atoms with Crippen molar-refractivity contribution in [3.8, 4) is 5.75 Å². The minimum atomic E-state index is -0.210. The van der Waals surface area contributed by atoms with Gasteiger partial charge in [-0.2, -0.15) is 4.98 Å². The predicted molar refractivity (Wildman–Crippen MR) is 124 cm³/mol. The number of ether oxygens (including phenoxy) is 1. The Kier molecular flexibility index (Phi) is 5.66. The molecule has 2 N–H and O–H groups in total. The topological polar surface area (TPSA) is 113 Å². The summed E-state index contributed by atoms with van der Waals surface area (Å²) in [7, 11) is 4.96. The molecule has 0 fully saturated rings. The highest BCUT2D eigenvalue weighted by Gasteiger charge is 2.33. The quantitative estimate of drug-likeness (QED) is 0.606. The van der Waals surface area contributed by atoms with E-state index in [2.05, 4.69) is 20.6 Å². The number of carbonyl (C=O) groups is 2. The lowest BCUT2D eigenvalue weighted by molar-refractivity contribution is 0.0960. The highest BCUT2D eigenvalue weighted by Crippen LogP contribution is 2.41. The molecule has 3 heterocycles. The van der Waals surface area contributed by atoms with Crippen LogP contribution >= 0.6 is 11.3 Å². The van der Waals surface area contributed by atoms with Gasteiger partial charge in [-0.15, -0.1) is 11.3 Å². The number of anilines is 5. The molecule has 0 spiro atoms. The largest absolute Gasteiger partial charge is 0.495 e. The van der Waals surface area contributed by atoms with Gasteiger partial charge < -0.3 is 25.2 Å². The van der Waals surface area contributed by atoms with Gasteiger partial charge in [0.1, 0.15) is 16.4 Å². The third kappa shape index (κ3) is 3.60. The van der Waals surface area contributed by atoms with Crippen molar-refractivity contribution in [1.29, 1.82) is 0 Å². The van der Waals surface area contributed by atoms with E-state index in [0.29, 0.717) is 46.7 Å². The molecule has 11 heteroatoms. The van der Waals surface area contributed by atoms with Crippen LogP contribution in [0.25, 0.3) is 0 Å². The summed E-state index contributed by atoms with van der Waals surface area (Å²) in [6.45, 7) is 4.23. The smallest absolute Gasteiger partial charge is 0.280 e. The molecule has 0 atom stereocenters. The monoisotopic (exact) mass is 453 g/mol. The number of methoxy groups -OCH3 is 1. The highest BCUT2D eigenvalue weighted by atomic mass is 32.1. The minimum absolute atomic E-state index is 0.173. The summed E-state index contributed by atoms with van der Waals surface area (Å²) in [6.07, 6.45) is 1.62. The molecular formula is C21H23N7O3S. The van der Waals surface area contributed by atoms with E-state index in [4.69, 9.17) is 9.72 Å². The van der Waals surface area contributed by atoms with Crippen LogP contribution in [0.1, 0.15) is 32.8 Å². The zero-order valence-electron chi connectivity index (χ0n) is 18.4. The molecule has 2 aromatic heterocycles. The van der Waals surface area contributed by atoms with Crippen molar-refractivity contribution in [3.05, 3.63) is 40.7 Å². The average Bonchev–Trinajstić information content (AvgIpc) is 3.18. The van der Waals surface area contributed by atoms with Gasteiger partial charge in [-0.25, -0.2) is 9.97 Å². The number of rotatable bonds is 5. The van der Waals surface area contributed by atoms with Gasteiger partial charge in [0, 0.05) is 26.2 Å². The first-order chi connectivity index (χ1) is 15.4. The SMILES string of the molecule is CCN1C(=O)c2nc(C)sc2N(C)c2nc(Nc3ccc(C(=O)NC)cc3OC)ncc21. The second kappa shape index (κ2) is 8.42. The molecule has 4 rings (SSSR count). The lowest BCUT2D eigenvalue weighted by atomic mass is 10.1. The van der Waals surface area contributed by atoms with Crippen molar-refractivity contribution in [1.82, 2.24) is 20.3 Å². The lowest BCUT2D eigenvalue weighted by Crippen LogP contribution is -2.30. The van der Waals surface area contributed by atoms with Gasteiger partial charge in [-0.1, -0.05) is 0 Å². The third-order valence-electron chi connectivity index (χ3n) is 5.08. The van der Waals surface area contributed by atoms with Crippen molar-refractivity contribution in [2.24, 2.45) is 0 Å².